The highest BCUT2D eigenvalue weighted by Gasteiger charge is 2.05. The molecule has 0 saturated heterocycles. The quantitative estimate of drug-likeness (QED) is 0.894. The molecule has 1 rings (SSSR count). The Hall–Kier alpha value is 0.1000. The number of benzene rings is 1. The van der Waals surface area contributed by atoms with Crippen LogP contribution < -0.4 is 5.73 Å². The van der Waals surface area contributed by atoms with Crippen LogP contribution in [0.15, 0.2) is 27.1 Å². The average molecular weight is 323 g/mol. The van der Waals surface area contributed by atoms with Crippen LogP contribution >= 0.6 is 31.9 Å². The number of hydrogen-bond donors (Lipinski definition) is 2. The van der Waals surface area contributed by atoms with E-state index in [1.807, 2.05) is 18.2 Å². The first-order valence-corrected chi connectivity index (χ1v) is 6.04. The maximum absolute atomic E-state index is 9.33. The van der Waals surface area contributed by atoms with E-state index in [1.165, 1.54) is 5.56 Å². The van der Waals surface area contributed by atoms with Gasteiger partial charge in [0.2, 0.25) is 0 Å². The molecule has 0 amide bonds. The van der Waals surface area contributed by atoms with Crippen LogP contribution in [0, 0.1) is 0 Å². The molecular weight excluding hydrogens is 310 g/mol. The molecule has 0 spiro atoms. The molecule has 0 aliphatic heterocycles. The van der Waals surface area contributed by atoms with E-state index in [2.05, 4.69) is 31.9 Å². The summed E-state index contributed by atoms with van der Waals surface area (Å²) in [4.78, 5) is 0. The van der Waals surface area contributed by atoms with Gasteiger partial charge < -0.3 is 10.8 Å². The Morgan fingerprint density at radius 3 is 2.71 bits per heavy atom. The Kier molecular flexibility index (Phi) is 5.09. The van der Waals surface area contributed by atoms with E-state index < -0.39 is 6.10 Å². The molecule has 0 bridgehead atoms. The highest BCUT2D eigenvalue weighted by Crippen LogP contribution is 2.22. The summed E-state index contributed by atoms with van der Waals surface area (Å²) in [5.74, 6) is 0. The van der Waals surface area contributed by atoms with E-state index in [9.17, 15) is 5.11 Å². The van der Waals surface area contributed by atoms with E-state index in [-0.39, 0.29) is 0 Å². The molecule has 4 heteroatoms. The van der Waals surface area contributed by atoms with Crippen LogP contribution in [0.2, 0.25) is 0 Å². The molecule has 0 fully saturated rings. The minimum Gasteiger partial charge on any atom is -0.392 e. The minimum absolute atomic E-state index is 0.325. The van der Waals surface area contributed by atoms with Crippen LogP contribution in [0.1, 0.15) is 12.0 Å². The van der Waals surface area contributed by atoms with Crippen LogP contribution in [-0.2, 0) is 6.42 Å². The van der Waals surface area contributed by atoms with Gasteiger partial charge in [0, 0.05) is 15.5 Å². The zero-order chi connectivity index (χ0) is 10.6. The van der Waals surface area contributed by atoms with Crippen LogP contribution in [0.25, 0.3) is 0 Å². The highest BCUT2D eigenvalue weighted by molar-refractivity contribution is 9.11. The fourth-order valence-electron chi connectivity index (χ4n) is 1.17. The van der Waals surface area contributed by atoms with Crippen LogP contribution in [0.3, 0.4) is 0 Å². The molecule has 1 aromatic rings. The van der Waals surface area contributed by atoms with Gasteiger partial charge in [-0.3, -0.25) is 0 Å². The summed E-state index contributed by atoms with van der Waals surface area (Å²) in [6, 6.07) is 6.02. The minimum atomic E-state index is -0.402. The van der Waals surface area contributed by atoms with Gasteiger partial charge in [-0.2, -0.15) is 0 Å². The molecule has 3 N–H and O–H groups in total. The lowest BCUT2D eigenvalue weighted by Gasteiger charge is -2.08. The first-order chi connectivity index (χ1) is 6.63. The summed E-state index contributed by atoms with van der Waals surface area (Å²) < 4.78 is 2.13. The Morgan fingerprint density at radius 2 is 2.07 bits per heavy atom. The van der Waals surface area contributed by atoms with Crippen molar-refractivity contribution < 1.29 is 5.11 Å². The van der Waals surface area contributed by atoms with Gasteiger partial charge in [-0.05, 0) is 36.6 Å². The van der Waals surface area contributed by atoms with Gasteiger partial charge in [0.15, 0.2) is 0 Å². The zero-order valence-corrected chi connectivity index (χ0v) is 10.9. The number of aliphatic hydroxyl groups excluding tert-OH is 1. The van der Waals surface area contributed by atoms with Crippen molar-refractivity contribution >= 4 is 31.9 Å². The van der Waals surface area contributed by atoms with Gasteiger partial charge in [0.05, 0.1) is 6.10 Å². The molecular formula is C10H13Br2NO. The van der Waals surface area contributed by atoms with Gasteiger partial charge in [0.1, 0.15) is 0 Å². The van der Waals surface area contributed by atoms with Crippen molar-refractivity contribution in [3.05, 3.63) is 32.7 Å². The molecule has 0 aliphatic rings. The molecule has 1 aromatic carbocycles. The Morgan fingerprint density at radius 1 is 1.36 bits per heavy atom. The molecule has 0 heterocycles. The summed E-state index contributed by atoms with van der Waals surface area (Å²) in [5.41, 5.74) is 6.52. The first kappa shape index (κ1) is 12.2. The summed E-state index contributed by atoms with van der Waals surface area (Å²) >= 11 is 6.88. The molecule has 2 nitrogen and oxygen atoms in total. The third-order valence-electron chi connectivity index (χ3n) is 2.03. The maximum Gasteiger partial charge on any atom is 0.0665 e. The van der Waals surface area contributed by atoms with Crippen molar-refractivity contribution in [2.24, 2.45) is 5.73 Å². The van der Waals surface area contributed by atoms with Crippen molar-refractivity contribution in [3.63, 3.8) is 0 Å². The van der Waals surface area contributed by atoms with E-state index >= 15 is 0 Å². The second-order valence-corrected chi connectivity index (χ2v) is 4.93. The second-order valence-electron chi connectivity index (χ2n) is 3.16. The van der Waals surface area contributed by atoms with Gasteiger partial charge in [-0.15, -0.1) is 0 Å². The summed E-state index contributed by atoms with van der Waals surface area (Å²) in [6.07, 6.45) is 1.13. The van der Waals surface area contributed by atoms with E-state index in [1.54, 1.807) is 0 Å². The molecule has 0 aromatic heterocycles. The van der Waals surface area contributed by atoms with E-state index in [0.717, 1.165) is 15.4 Å². The van der Waals surface area contributed by atoms with Crippen molar-refractivity contribution in [1.82, 2.24) is 0 Å². The Bertz CT molecular complexity index is 304. The fourth-order valence-corrected chi connectivity index (χ4v) is 2.03. The average Bonchev–Trinajstić information content (AvgIpc) is 2.19. The molecule has 1 unspecified atom stereocenters. The Balaban J connectivity index is 2.62. The van der Waals surface area contributed by atoms with Crippen molar-refractivity contribution in [3.8, 4) is 0 Å². The molecule has 0 saturated carbocycles. The summed E-state index contributed by atoms with van der Waals surface area (Å²) in [5, 5.41) is 9.33. The third kappa shape index (κ3) is 3.69. The topological polar surface area (TPSA) is 46.2 Å². The smallest absolute Gasteiger partial charge is 0.0665 e. The number of nitrogens with two attached hydrogens (primary N) is 1. The lowest BCUT2D eigenvalue weighted by atomic mass is 10.1. The molecule has 14 heavy (non-hydrogen) atoms. The van der Waals surface area contributed by atoms with E-state index in [0.29, 0.717) is 13.0 Å². The SMILES string of the molecule is NCC(O)CCc1cc(Br)ccc1Br. The van der Waals surface area contributed by atoms with E-state index in [4.69, 9.17) is 5.73 Å². The fraction of sp³-hybridized carbons (Fsp3) is 0.400. The highest BCUT2D eigenvalue weighted by atomic mass is 79.9. The van der Waals surface area contributed by atoms with Gasteiger partial charge in [-0.1, -0.05) is 31.9 Å². The number of hydrogen-bond acceptors (Lipinski definition) is 2. The maximum atomic E-state index is 9.33. The largest absolute Gasteiger partial charge is 0.392 e. The normalized spacial score (nSPS) is 12.9. The summed E-state index contributed by atoms with van der Waals surface area (Å²) in [6.45, 7) is 0.325. The number of aryl methyl sites for hydroxylation is 1. The number of halogens is 2. The molecule has 0 radical (unpaired) electrons. The lowest BCUT2D eigenvalue weighted by Crippen LogP contribution is -2.20. The number of aliphatic hydroxyl groups is 1. The van der Waals surface area contributed by atoms with Gasteiger partial charge in [0.25, 0.3) is 0 Å². The summed E-state index contributed by atoms with van der Waals surface area (Å²) in [7, 11) is 0. The molecule has 1 atom stereocenters. The van der Waals surface area contributed by atoms with Gasteiger partial charge in [-0.25, -0.2) is 0 Å². The second kappa shape index (κ2) is 5.85. The standard InChI is InChI=1S/C10H13Br2NO/c11-8-2-4-10(12)7(5-8)1-3-9(14)6-13/h2,4-5,9,14H,1,3,6,13H2. The van der Waals surface area contributed by atoms with Gasteiger partial charge >= 0.3 is 0 Å². The predicted molar refractivity (Wildman–Crippen MR) is 65.2 cm³/mol. The van der Waals surface area contributed by atoms with Crippen LogP contribution in [0.4, 0.5) is 0 Å². The van der Waals surface area contributed by atoms with Crippen LogP contribution in [0.5, 0.6) is 0 Å². The van der Waals surface area contributed by atoms with Crippen molar-refractivity contribution in [1.29, 1.82) is 0 Å². The predicted octanol–water partition coefficient (Wildman–Crippen LogP) is 2.46. The molecule has 78 valence electrons. The third-order valence-corrected chi connectivity index (χ3v) is 3.29. The lowest BCUT2D eigenvalue weighted by molar-refractivity contribution is 0.173. The first-order valence-electron chi connectivity index (χ1n) is 4.45. The zero-order valence-electron chi connectivity index (χ0n) is 7.71. The Labute approximate surface area is 101 Å². The number of rotatable bonds is 4. The van der Waals surface area contributed by atoms with Crippen LogP contribution in [-0.4, -0.2) is 17.8 Å². The molecule has 0 aliphatic carbocycles. The monoisotopic (exact) mass is 321 g/mol. The van der Waals surface area contributed by atoms with Crippen molar-refractivity contribution in [2.75, 3.05) is 6.54 Å². The van der Waals surface area contributed by atoms with Crippen molar-refractivity contribution in [2.45, 2.75) is 18.9 Å².